The van der Waals surface area contributed by atoms with Crippen LogP contribution in [0.1, 0.15) is 25.8 Å². The highest BCUT2D eigenvalue weighted by Crippen LogP contribution is 2.20. The summed E-state index contributed by atoms with van der Waals surface area (Å²) in [6, 6.07) is 0. The highest BCUT2D eigenvalue weighted by Gasteiger charge is 2.08. The third-order valence-corrected chi connectivity index (χ3v) is 2.61. The molecule has 0 aliphatic heterocycles. The van der Waals surface area contributed by atoms with E-state index in [0.29, 0.717) is 24.9 Å². The Labute approximate surface area is 113 Å². The van der Waals surface area contributed by atoms with Crippen LogP contribution in [0.2, 0.25) is 5.15 Å². The van der Waals surface area contributed by atoms with Crippen LogP contribution in [0.4, 0.5) is 5.82 Å². The molecule has 1 aromatic heterocycles. The van der Waals surface area contributed by atoms with E-state index in [9.17, 15) is 0 Å². The standard InChI is InChI=1S/C13H20ClN3O/c1-4-5-11-12(14)16-9-17-13(11)15-6-7-18-8-10(2)3/h9H,2,4-8H2,1,3H3,(H,15,16,17). The van der Waals surface area contributed by atoms with E-state index in [1.807, 2.05) is 6.92 Å². The molecule has 100 valence electrons. The summed E-state index contributed by atoms with van der Waals surface area (Å²) >= 11 is 6.06. The van der Waals surface area contributed by atoms with Crippen molar-refractivity contribution in [3.8, 4) is 0 Å². The number of nitrogens with zero attached hydrogens (tertiary/aromatic N) is 2. The van der Waals surface area contributed by atoms with Crippen molar-refractivity contribution in [1.29, 1.82) is 0 Å². The predicted octanol–water partition coefficient (Wildman–Crippen LogP) is 3.09. The lowest BCUT2D eigenvalue weighted by Gasteiger charge is -2.11. The van der Waals surface area contributed by atoms with E-state index in [1.54, 1.807) is 0 Å². The molecule has 0 fully saturated rings. The number of halogens is 1. The Bertz CT molecular complexity index is 396. The summed E-state index contributed by atoms with van der Waals surface area (Å²) in [5.41, 5.74) is 1.99. The maximum Gasteiger partial charge on any atom is 0.137 e. The Morgan fingerprint density at radius 2 is 2.28 bits per heavy atom. The van der Waals surface area contributed by atoms with Crippen LogP contribution in [0.15, 0.2) is 18.5 Å². The topological polar surface area (TPSA) is 47.0 Å². The van der Waals surface area contributed by atoms with E-state index >= 15 is 0 Å². The van der Waals surface area contributed by atoms with Crippen LogP contribution in [0, 0.1) is 0 Å². The Hall–Kier alpha value is -1.13. The van der Waals surface area contributed by atoms with E-state index in [0.717, 1.165) is 29.8 Å². The SMILES string of the molecule is C=C(C)COCCNc1ncnc(Cl)c1CCC. The molecule has 1 rings (SSSR count). The maximum atomic E-state index is 6.06. The van der Waals surface area contributed by atoms with Gasteiger partial charge in [-0.15, -0.1) is 0 Å². The van der Waals surface area contributed by atoms with Gasteiger partial charge >= 0.3 is 0 Å². The van der Waals surface area contributed by atoms with Crippen LogP contribution in [0.25, 0.3) is 0 Å². The van der Waals surface area contributed by atoms with Crippen LogP contribution in [0.5, 0.6) is 0 Å². The largest absolute Gasteiger partial charge is 0.375 e. The minimum absolute atomic E-state index is 0.525. The average Bonchev–Trinajstić information content (AvgIpc) is 2.32. The van der Waals surface area contributed by atoms with Gasteiger partial charge in [-0.25, -0.2) is 9.97 Å². The van der Waals surface area contributed by atoms with Crippen molar-refractivity contribution in [3.05, 3.63) is 29.2 Å². The molecule has 0 amide bonds. The van der Waals surface area contributed by atoms with Crippen LogP contribution in [0.3, 0.4) is 0 Å². The van der Waals surface area contributed by atoms with Gasteiger partial charge in [-0.05, 0) is 13.3 Å². The zero-order chi connectivity index (χ0) is 13.4. The van der Waals surface area contributed by atoms with Gasteiger partial charge in [-0.1, -0.05) is 37.1 Å². The zero-order valence-corrected chi connectivity index (χ0v) is 11.8. The number of hydrogen-bond donors (Lipinski definition) is 1. The number of hydrogen-bond acceptors (Lipinski definition) is 4. The third-order valence-electron chi connectivity index (χ3n) is 2.28. The molecule has 0 spiro atoms. The maximum absolute atomic E-state index is 6.06. The predicted molar refractivity (Wildman–Crippen MR) is 75.2 cm³/mol. The summed E-state index contributed by atoms with van der Waals surface area (Å²) in [6.07, 6.45) is 3.35. The van der Waals surface area contributed by atoms with Crippen LogP contribution in [-0.2, 0) is 11.2 Å². The summed E-state index contributed by atoms with van der Waals surface area (Å²) < 4.78 is 5.41. The summed E-state index contributed by atoms with van der Waals surface area (Å²) in [7, 11) is 0. The smallest absolute Gasteiger partial charge is 0.137 e. The first-order valence-electron chi connectivity index (χ1n) is 6.10. The van der Waals surface area contributed by atoms with Gasteiger partial charge in [-0.3, -0.25) is 0 Å². The van der Waals surface area contributed by atoms with Crippen molar-refractivity contribution in [1.82, 2.24) is 9.97 Å². The molecule has 0 aliphatic rings. The summed E-state index contributed by atoms with van der Waals surface area (Å²) in [6.45, 7) is 9.71. The molecule has 0 unspecified atom stereocenters. The fourth-order valence-electron chi connectivity index (χ4n) is 1.50. The quantitative estimate of drug-likeness (QED) is 0.448. The van der Waals surface area contributed by atoms with Gasteiger partial charge in [0.1, 0.15) is 17.3 Å². The molecule has 5 heteroatoms. The Balaban J connectivity index is 2.46. The number of anilines is 1. The minimum atomic E-state index is 0.525. The number of ether oxygens (including phenoxy) is 1. The fourth-order valence-corrected chi connectivity index (χ4v) is 1.73. The summed E-state index contributed by atoms with van der Waals surface area (Å²) in [5, 5.41) is 3.75. The van der Waals surface area contributed by atoms with Crippen molar-refractivity contribution in [3.63, 3.8) is 0 Å². The molecule has 0 aliphatic carbocycles. The van der Waals surface area contributed by atoms with E-state index in [2.05, 4.69) is 28.8 Å². The highest BCUT2D eigenvalue weighted by atomic mass is 35.5. The van der Waals surface area contributed by atoms with Crippen molar-refractivity contribution in [2.45, 2.75) is 26.7 Å². The fraction of sp³-hybridized carbons (Fsp3) is 0.538. The third kappa shape index (κ3) is 5.02. The van der Waals surface area contributed by atoms with Crippen molar-refractivity contribution >= 4 is 17.4 Å². The first-order chi connectivity index (χ1) is 8.65. The lowest BCUT2D eigenvalue weighted by Crippen LogP contribution is -2.13. The summed E-state index contributed by atoms with van der Waals surface area (Å²) in [5.74, 6) is 0.802. The first kappa shape index (κ1) is 14.9. The molecule has 0 aromatic carbocycles. The number of rotatable bonds is 8. The molecule has 1 heterocycles. The molecule has 1 aromatic rings. The molecule has 0 bridgehead atoms. The average molecular weight is 270 g/mol. The van der Waals surface area contributed by atoms with Crippen LogP contribution < -0.4 is 5.32 Å². The molecule has 0 radical (unpaired) electrons. The minimum Gasteiger partial charge on any atom is -0.375 e. The molecule has 0 saturated heterocycles. The van der Waals surface area contributed by atoms with Gasteiger partial charge in [0.15, 0.2) is 0 Å². The molecular formula is C13H20ClN3O. The van der Waals surface area contributed by atoms with Crippen molar-refractivity contribution in [2.75, 3.05) is 25.1 Å². The Kier molecular flexibility index (Phi) is 6.68. The van der Waals surface area contributed by atoms with Gasteiger partial charge in [0.2, 0.25) is 0 Å². The van der Waals surface area contributed by atoms with Crippen LogP contribution in [-0.4, -0.2) is 29.7 Å². The Morgan fingerprint density at radius 1 is 1.50 bits per heavy atom. The van der Waals surface area contributed by atoms with E-state index in [-0.39, 0.29) is 0 Å². The molecule has 0 atom stereocenters. The highest BCUT2D eigenvalue weighted by molar-refractivity contribution is 6.30. The second-order valence-corrected chi connectivity index (χ2v) is 4.54. The molecule has 1 N–H and O–H groups in total. The van der Waals surface area contributed by atoms with Gasteiger partial charge in [-0.2, -0.15) is 0 Å². The van der Waals surface area contributed by atoms with Crippen LogP contribution >= 0.6 is 11.6 Å². The Morgan fingerprint density at radius 3 is 2.94 bits per heavy atom. The van der Waals surface area contributed by atoms with E-state index < -0.39 is 0 Å². The summed E-state index contributed by atoms with van der Waals surface area (Å²) in [4.78, 5) is 8.21. The first-order valence-corrected chi connectivity index (χ1v) is 6.48. The van der Waals surface area contributed by atoms with E-state index in [4.69, 9.17) is 16.3 Å². The number of nitrogens with one attached hydrogen (secondary N) is 1. The zero-order valence-electron chi connectivity index (χ0n) is 11.0. The number of aromatic nitrogens is 2. The van der Waals surface area contributed by atoms with E-state index in [1.165, 1.54) is 6.33 Å². The second-order valence-electron chi connectivity index (χ2n) is 4.18. The van der Waals surface area contributed by atoms with Gasteiger partial charge in [0.05, 0.1) is 13.2 Å². The molecule has 0 saturated carbocycles. The molecular weight excluding hydrogens is 250 g/mol. The van der Waals surface area contributed by atoms with Gasteiger partial charge in [0.25, 0.3) is 0 Å². The van der Waals surface area contributed by atoms with Crippen molar-refractivity contribution in [2.24, 2.45) is 0 Å². The lowest BCUT2D eigenvalue weighted by molar-refractivity contribution is 0.167. The lowest BCUT2D eigenvalue weighted by atomic mass is 10.2. The normalized spacial score (nSPS) is 10.4. The van der Waals surface area contributed by atoms with Gasteiger partial charge < -0.3 is 10.1 Å². The van der Waals surface area contributed by atoms with Crippen molar-refractivity contribution < 1.29 is 4.74 Å². The second kappa shape index (κ2) is 8.06. The molecule has 4 nitrogen and oxygen atoms in total. The monoisotopic (exact) mass is 269 g/mol. The molecule has 18 heavy (non-hydrogen) atoms. The van der Waals surface area contributed by atoms with Gasteiger partial charge in [0, 0.05) is 12.1 Å².